The second kappa shape index (κ2) is 2.73. The summed E-state index contributed by atoms with van der Waals surface area (Å²) in [7, 11) is 1.40. The van der Waals surface area contributed by atoms with E-state index in [0.717, 1.165) is 0 Å². The molecule has 0 aromatic heterocycles. The predicted molar refractivity (Wildman–Crippen MR) is 51.0 cm³/mol. The Morgan fingerprint density at radius 3 is 2.20 bits per heavy atom. The van der Waals surface area contributed by atoms with E-state index in [1.54, 1.807) is 20.8 Å². The van der Waals surface area contributed by atoms with Crippen molar-refractivity contribution in [1.29, 1.82) is 0 Å². The van der Waals surface area contributed by atoms with Gasteiger partial charge in [-0.2, -0.15) is 0 Å². The molecule has 1 heterocycles. The van der Waals surface area contributed by atoms with Crippen molar-refractivity contribution in [1.82, 2.24) is 0 Å². The maximum absolute atomic E-state index is 10.3. The SMILES string of the molecule is COC1O[C@H](C)[C@@H](O)[C@@]2(O)C(C)(C)[C@@]12O. The molecule has 1 aliphatic heterocycles. The zero-order chi connectivity index (χ0) is 11.6. The van der Waals surface area contributed by atoms with Crippen LogP contribution in [0.15, 0.2) is 0 Å². The number of rotatable bonds is 1. The Morgan fingerprint density at radius 1 is 1.20 bits per heavy atom. The van der Waals surface area contributed by atoms with Crippen molar-refractivity contribution < 1.29 is 24.8 Å². The Balaban J connectivity index is 2.43. The van der Waals surface area contributed by atoms with Gasteiger partial charge in [0.05, 0.1) is 6.10 Å². The molecule has 1 saturated carbocycles. The van der Waals surface area contributed by atoms with E-state index in [9.17, 15) is 15.3 Å². The van der Waals surface area contributed by atoms with Crippen molar-refractivity contribution in [2.75, 3.05) is 7.11 Å². The van der Waals surface area contributed by atoms with E-state index in [4.69, 9.17) is 9.47 Å². The smallest absolute Gasteiger partial charge is 0.190 e. The Kier molecular flexibility index (Phi) is 2.05. The van der Waals surface area contributed by atoms with E-state index < -0.39 is 35.1 Å². The molecule has 2 aliphatic rings. The van der Waals surface area contributed by atoms with E-state index in [1.807, 2.05) is 0 Å². The predicted octanol–water partition coefficient (Wildman–Crippen LogP) is -0.760. The Morgan fingerprint density at radius 2 is 1.73 bits per heavy atom. The molecule has 1 unspecified atom stereocenters. The number of hydrogen-bond acceptors (Lipinski definition) is 5. The van der Waals surface area contributed by atoms with Gasteiger partial charge in [-0.3, -0.25) is 0 Å². The van der Waals surface area contributed by atoms with Crippen molar-refractivity contribution in [2.45, 2.75) is 50.5 Å². The minimum atomic E-state index is -1.56. The van der Waals surface area contributed by atoms with E-state index in [2.05, 4.69) is 0 Å². The van der Waals surface area contributed by atoms with E-state index in [1.165, 1.54) is 7.11 Å². The van der Waals surface area contributed by atoms with Crippen molar-refractivity contribution in [2.24, 2.45) is 5.41 Å². The lowest BCUT2D eigenvalue weighted by Crippen LogP contribution is -2.57. The Labute approximate surface area is 88.6 Å². The molecule has 15 heavy (non-hydrogen) atoms. The van der Waals surface area contributed by atoms with Gasteiger partial charge in [-0.05, 0) is 6.92 Å². The summed E-state index contributed by atoms with van der Waals surface area (Å²) in [5.41, 5.74) is -3.94. The first-order valence-electron chi connectivity index (χ1n) is 5.06. The molecule has 2 fully saturated rings. The fourth-order valence-corrected chi connectivity index (χ4v) is 2.90. The molecule has 1 aliphatic carbocycles. The lowest BCUT2D eigenvalue weighted by atomic mass is 9.98. The molecule has 2 rings (SSSR count). The van der Waals surface area contributed by atoms with Crippen molar-refractivity contribution in [3.63, 3.8) is 0 Å². The van der Waals surface area contributed by atoms with Gasteiger partial charge in [0.1, 0.15) is 11.7 Å². The van der Waals surface area contributed by atoms with Gasteiger partial charge in [-0.1, -0.05) is 13.8 Å². The van der Waals surface area contributed by atoms with Crippen LogP contribution in [0.25, 0.3) is 0 Å². The fourth-order valence-electron chi connectivity index (χ4n) is 2.90. The third kappa shape index (κ3) is 0.877. The number of fused-ring (bicyclic) bond motifs is 1. The van der Waals surface area contributed by atoms with Crippen LogP contribution in [0.2, 0.25) is 0 Å². The van der Waals surface area contributed by atoms with Crippen molar-refractivity contribution in [3.05, 3.63) is 0 Å². The third-order valence-electron chi connectivity index (χ3n) is 4.19. The molecule has 0 radical (unpaired) electrons. The first-order chi connectivity index (χ1) is 6.75. The molecule has 0 aromatic carbocycles. The van der Waals surface area contributed by atoms with Crippen LogP contribution in [0.3, 0.4) is 0 Å². The van der Waals surface area contributed by atoms with Gasteiger partial charge >= 0.3 is 0 Å². The maximum atomic E-state index is 10.3. The summed E-state index contributed by atoms with van der Waals surface area (Å²) in [5, 5.41) is 30.5. The highest BCUT2D eigenvalue weighted by atomic mass is 16.7. The molecular formula is C10H18O5. The average molecular weight is 218 g/mol. The summed E-state index contributed by atoms with van der Waals surface area (Å²) < 4.78 is 10.3. The van der Waals surface area contributed by atoms with Crippen LogP contribution < -0.4 is 0 Å². The lowest BCUT2D eigenvalue weighted by Gasteiger charge is -2.37. The second-order valence-corrected chi connectivity index (χ2v) is 5.01. The largest absolute Gasteiger partial charge is 0.387 e. The summed E-state index contributed by atoms with van der Waals surface area (Å²) in [5.74, 6) is 0. The van der Waals surface area contributed by atoms with Crippen LogP contribution in [-0.4, -0.2) is 52.1 Å². The van der Waals surface area contributed by atoms with Crippen LogP contribution in [0.1, 0.15) is 20.8 Å². The molecule has 5 atom stereocenters. The summed E-state index contributed by atoms with van der Waals surface area (Å²) >= 11 is 0. The molecule has 3 N–H and O–H groups in total. The Bertz CT molecular complexity index is 282. The molecule has 0 bridgehead atoms. The van der Waals surface area contributed by atoms with Gasteiger partial charge in [-0.25, -0.2) is 0 Å². The average Bonchev–Trinajstić information content (AvgIpc) is 2.54. The molecule has 5 heteroatoms. The number of aliphatic hydroxyl groups excluding tert-OH is 1. The standard InChI is InChI=1S/C10H18O5/c1-5-6(11)9(12)8(2,3)10(9,13)7(14-4)15-5/h5-7,11-13H,1-4H3/t5-,6-,7?,9-,10+/m1/s1. The van der Waals surface area contributed by atoms with Crippen LogP contribution in [0, 0.1) is 5.41 Å². The minimum Gasteiger partial charge on any atom is -0.387 e. The normalized spacial score (nSPS) is 57.4. The highest BCUT2D eigenvalue weighted by molar-refractivity contribution is 5.37. The van der Waals surface area contributed by atoms with Gasteiger partial charge in [0.15, 0.2) is 11.9 Å². The first kappa shape index (κ1) is 11.3. The van der Waals surface area contributed by atoms with Crippen LogP contribution in [0.4, 0.5) is 0 Å². The highest BCUT2D eigenvalue weighted by Crippen LogP contribution is 2.70. The third-order valence-corrected chi connectivity index (χ3v) is 4.19. The molecule has 88 valence electrons. The number of methoxy groups -OCH3 is 1. The quantitative estimate of drug-likeness (QED) is 0.539. The number of aliphatic hydroxyl groups is 3. The van der Waals surface area contributed by atoms with Crippen LogP contribution >= 0.6 is 0 Å². The summed E-state index contributed by atoms with van der Waals surface area (Å²) in [6.07, 6.45) is -2.58. The second-order valence-electron chi connectivity index (χ2n) is 5.01. The van der Waals surface area contributed by atoms with Gasteiger partial charge < -0.3 is 24.8 Å². The topological polar surface area (TPSA) is 79.2 Å². The molecular weight excluding hydrogens is 200 g/mol. The minimum absolute atomic E-state index is 0.568. The Hall–Kier alpha value is -0.200. The molecule has 0 amide bonds. The van der Waals surface area contributed by atoms with E-state index in [-0.39, 0.29) is 0 Å². The molecule has 1 saturated heterocycles. The zero-order valence-corrected chi connectivity index (χ0v) is 9.39. The van der Waals surface area contributed by atoms with Gasteiger partial charge in [0.25, 0.3) is 0 Å². The van der Waals surface area contributed by atoms with Gasteiger partial charge in [-0.15, -0.1) is 0 Å². The summed E-state index contributed by atoms with van der Waals surface area (Å²) in [4.78, 5) is 0. The van der Waals surface area contributed by atoms with Crippen molar-refractivity contribution >= 4 is 0 Å². The number of hydrogen-bond donors (Lipinski definition) is 3. The van der Waals surface area contributed by atoms with Gasteiger partial charge in [0, 0.05) is 12.5 Å². The fraction of sp³-hybridized carbons (Fsp3) is 1.00. The van der Waals surface area contributed by atoms with E-state index >= 15 is 0 Å². The molecule has 5 nitrogen and oxygen atoms in total. The zero-order valence-electron chi connectivity index (χ0n) is 9.39. The van der Waals surface area contributed by atoms with E-state index in [0.29, 0.717) is 0 Å². The maximum Gasteiger partial charge on any atom is 0.190 e. The molecule has 0 spiro atoms. The summed E-state index contributed by atoms with van der Waals surface area (Å²) in [6, 6.07) is 0. The lowest BCUT2D eigenvalue weighted by molar-refractivity contribution is -0.287. The first-order valence-corrected chi connectivity index (χ1v) is 5.06. The van der Waals surface area contributed by atoms with Crippen LogP contribution in [0.5, 0.6) is 0 Å². The highest BCUT2D eigenvalue weighted by Gasteiger charge is 2.90. The summed E-state index contributed by atoms with van der Waals surface area (Å²) in [6.45, 7) is 5.01. The number of ether oxygens (including phenoxy) is 2. The van der Waals surface area contributed by atoms with Crippen molar-refractivity contribution in [3.8, 4) is 0 Å². The van der Waals surface area contributed by atoms with Gasteiger partial charge in [0.2, 0.25) is 0 Å². The van der Waals surface area contributed by atoms with Crippen LogP contribution in [-0.2, 0) is 9.47 Å². The molecule has 0 aromatic rings. The monoisotopic (exact) mass is 218 g/mol.